The lowest BCUT2D eigenvalue weighted by atomic mass is 10.1. The highest BCUT2D eigenvalue weighted by Gasteiger charge is 2.20. The topological polar surface area (TPSA) is 26.8 Å². The van der Waals surface area contributed by atoms with Gasteiger partial charge < -0.3 is 9.80 Å². The predicted molar refractivity (Wildman–Crippen MR) is 91.1 cm³/mol. The Morgan fingerprint density at radius 1 is 1.09 bits per heavy atom. The van der Waals surface area contributed by atoms with Crippen LogP contribution in [0.1, 0.15) is 17.5 Å². The van der Waals surface area contributed by atoms with Crippen LogP contribution < -0.4 is 0 Å². The van der Waals surface area contributed by atoms with Crippen LogP contribution in [0.2, 0.25) is 0 Å². The summed E-state index contributed by atoms with van der Waals surface area (Å²) in [5, 5.41) is 0. The monoisotopic (exact) mass is 303 g/mol. The van der Waals surface area contributed by atoms with E-state index in [0.29, 0.717) is 6.42 Å². The van der Waals surface area contributed by atoms with Gasteiger partial charge in [-0.1, -0.05) is 29.8 Å². The molecule has 1 aromatic carbocycles. The first kappa shape index (κ1) is 17.0. The molecule has 1 aromatic rings. The smallest absolute Gasteiger partial charge is 0.227 e. The standard InChI is InChI=1S/C18H29N3O/c1-16-5-7-17(8-6-16)15-18(22)21-13-11-20(12-14-21)10-4-9-19(2)3/h5-8H,4,9-15H2,1-3H3. The Labute approximate surface area is 134 Å². The van der Waals surface area contributed by atoms with Crippen molar-refractivity contribution in [1.82, 2.24) is 14.7 Å². The van der Waals surface area contributed by atoms with Crippen LogP contribution in [0.15, 0.2) is 24.3 Å². The molecule has 0 bridgehead atoms. The van der Waals surface area contributed by atoms with Gasteiger partial charge in [0.05, 0.1) is 6.42 Å². The first-order valence-electron chi connectivity index (χ1n) is 8.25. The summed E-state index contributed by atoms with van der Waals surface area (Å²) in [6, 6.07) is 8.27. The molecule has 4 nitrogen and oxygen atoms in total. The van der Waals surface area contributed by atoms with Gasteiger partial charge in [0.15, 0.2) is 0 Å². The molecule has 0 aromatic heterocycles. The Balaban J connectivity index is 1.71. The minimum Gasteiger partial charge on any atom is -0.340 e. The van der Waals surface area contributed by atoms with Gasteiger partial charge in [-0.2, -0.15) is 0 Å². The molecule has 0 radical (unpaired) electrons. The third kappa shape index (κ3) is 5.43. The highest BCUT2D eigenvalue weighted by Crippen LogP contribution is 2.08. The molecule has 0 unspecified atom stereocenters. The summed E-state index contributed by atoms with van der Waals surface area (Å²) in [6.07, 6.45) is 1.73. The second-order valence-corrected chi connectivity index (χ2v) is 6.54. The van der Waals surface area contributed by atoms with Gasteiger partial charge in [-0.15, -0.1) is 0 Å². The SMILES string of the molecule is Cc1ccc(CC(=O)N2CCN(CCCN(C)C)CC2)cc1. The van der Waals surface area contributed by atoms with Gasteiger partial charge in [-0.3, -0.25) is 9.69 Å². The Morgan fingerprint density at radius 2 is 1.73 bits per heavy atom. The quantitative estimate of drug-likeness (QED) is 0.799. The van der Waals surface area contributed by atoms with E-state index in [0.717, 1.165) is 44.8 Å². The van der Waals surface area contributed by atoms with Crippen LogP contribution in [0, 0.1) is 6.92 Å². The zero-order valence-corrected chi connectivity index (χ0v) is 14.2. The van der Waals surface area contributed by atoms with Gasteiger partial charge in [-0.25, -0.2) is 0 Å². The normalized spacial score (nSPS) is 16.3. The maximum atomic E-state index is 12.4. The summed E-state index contributed by atoms with van der Waals surface area (Å²) in [5.74, 6) is 0.261. The number of hydrogen-bond donors (Lipinski definition) is 0. The second-order valence-electron chi connectivity index (χ2n) is 6.54. The van der Waals surface area contributed by atoms with E-state index in [1.54, 1.807) is 0 Å². The van der Waals surface area contributed by atoms with Gasteiger partial charge in [-0.05, 0) is 46.1 Å². The molecule has 0 atom stereocenters. The largest absolute Gasteiger partial charge is 0.340 e. The number of nitrogens with zero attached hydrogens (tertiary/aromatic N) is 3. The lowest BCUT2D eigenvalue weighted by molar-refractivity contribution is -0.132. The van der Waals surface area contributed by atoms with Crippen molar-refractivity contribution in [2.24, 2.45) is 0 Å². The highest BCUT2D eigenvalue weighted by molar-refractivity contribution is 5.78. The molecule has 1 aliphatic heterocycles. The number of benzene rings is 1. The molecule has 1 amide bonds. The van der Waals surface area contributed by atoms with Crippen molar-refractivity contribution in [2.45, 2.75) is 19.8 Å². The van der Waals surface area contributed by atoms with Gasteiger partial charge in [0, 0.05) is 26.2 Å². The van der Waals surface area contributed by atoms with E-state index < -0.39 is 0 Å². The fourth-order valence-electron chi connectivity index (χ4n) is 2.82. The average Bonchev–Trinajstić information content (AvgIpc) is 2.50. The second kappa shape index (κ2) is 8.30. The molecular weight excluding hydrogens is 274 g/mol. The molecule has 0 spiro atoms. The lowest BCUT2D eigenvalue weighted by Gasteiger charge is -2.35. The molecule has 0 N–H and O–H groups in total. The summed E-state index contributed by atoms with van der Waals surface area (Å²) in [4.78, 5) is 19.1. The molecule has 0 aliphatic carbocycles. The fourth-order valence-corrected chi connectivity index (χ4v) is 2.82. The van der Waals surface area contributed by atoms with Crippen molar-refractivity contribution in [2.75, 3.05) is 53.4 Å². The molecule has 2 rings (SSSR count). The number of rotatable bonds is 6. The van der Waals surface area contributed by atoms with Crippen molar-refractivity contribution in [3.8, 4) is 0 Å². The van der Waals surface area contributed by atoms with Crippen LogP contribution in [0.5, 0.6) is 0 Å². The molecule has 4 heteroatoms. The van der Waals surface area contributed by atoms with Crippen molar-refractivity contribution in [3.05, 3.63) is 35.4 Å². The van der Waals surface area contributed by atoms with Crippen molar-refractivity contribution in [1.29, 1.82) is 0 Å². The number of carbonyl (C=O) groups is 1. The van der Waals surface area contributed by atoms with Crippen molar-refractivity contribution < 1.29 is 4.79 Å². The zero-order valence-electron chi connectivity index (χ0n) is 14.2. The Kier molecular flexibility index (Phi) is 6.40. The van der Waals surface area contributed by atoms with E-state index >= 15 is 0 Å². The van der Waals surface area contributed by atoms with E-state index in [-0.39, 0.29) is 5.91 Å². The van der Waals surface area contributed by atoms with Crippen molar-refractivity contribution >= 4 is 5.91 Å². The molecule has 22 heavy (non-hydrogen) atoms. The van der Waals surface area contributed by atoms with E-state index in [9.17, 15) is 4.79 Å². The summed E-state index contributed by atoms with van der Waals surface area (Å²) >= 11 is 0. The minimum absolute atomic E-state index is 0.261. The van der Waals surface area contributed by atoms with Gasteiger partial charge >= 0.3 is 0 Å². The molecular formula is C18H29N3O. The number of amides is 1. The Morgan fingerprint density at radius 3 is 2.32 bits per heavy atom. The van der Waals surface area contributed by atoms with Gasteiger partial charge in [0.1, 0.15) is 0 Å². The number of carbonyl (C=O) groups excluding carboxylic acids is 1. The van der Waals surface area contributed by atoms with Crippen LogP contribution in [0.4, 0.5) is 0 Å². The van der Waals surface area contributed by atoms with Crippen LogP contribution in [0.25, 0.3) is 0 Å². The van der Waals surface area contributed by atoms with Gasteiger partial charge in [0.25, 0.3) is 0 Å². The Bertz CT molecular complexity index is 462. The zero-order chi connectivity index (χ0) is 15.9. The van der Waals surface area contributed by atoms with E-state index in [1.807, 2.05) is 4.90 Å². The fraction of sp³-hybridized carbons (Fsp3) is 0.611. The molecule has 0 saturated carbocycles. The Hall–Kier alpha value is -1.39. The van der Waals surface area contributed by atoms with Crippen LogP contribution >= 0.6 is 0 Å². The lowest BCUT2D eigenvalue weighted by Crippen LogP contribution is -2.49. The van der Waals surface area contributed by atoms with E-state index in [4.69, 9.17) is 0 Å². The van der Waals surface area contributed by atoms with Gasteiger partial charge in [0.2, 0.25) is 5.91 Å². The number of piperazine rings is 1. The first-order valence-corrected chi connectivity index (χ1v) is 8.25. The van der Waals surface area contributed by atoms with Crippen molar-refractivity contribution in [3.63, 3.8) is 0 Å². The summed E-state index contributed by atoms with van der Waals surface area (Å²) < 4.78 is 0. The minimum atomic E-state index is 0.261. The summed E-state index contributed by atoms with van der Waals surface area (Å²) in [6.45, 7) is 8.09. The third-order valence-corrected chi connectivity index (χ3v) is 4.28. The highest BCUT2D eigenvalue weighted by atomic mass is 16.2. The molecule has 1 aliphatic rings. The molecule has 1 saturated heterocycles. The number of aryl methyl sites for hydroxylation is 1. The maximum absolute atomic E-state index is 12.4. The number of hydrogen-bond acceptors (Lipinski definition) is 3. The van der Waals surface area contributed by atoms with Crippen LogP contribution in [-0.4, -0.2) is 74.0 Å². The maximum Gasteiger partial charge on any atom is 0.227 e. The summed E-state index contributed by atoms with van der Waals surface area (Å²) in [5.41, 5.74) is 2.35. The predicted octanol–water partition coefficient (Wildman–Crippen LogP) is 1.63. The molecule has 122 valence electrons. The van der Waals surface area contributed by atoms with Crippen LogP contribution in [0.3, 0.4) is 0 Å². The van der Waals surface area contributed by atoms with E-state index in [1.165, 1.54) is 12.0 Å². The third-order valence-electron chi connectivity index (χ3n) is 4.28. The van der Waals surface area contributed by atoms with E-state index in [2.05, 4.69) is 55.1 Å². The van der Waals surface area contributed by atoms with Crippen LogP contribution in [-0.2, 0) is 11.2 Å². The molecule has 1 heterocycles. The summed E-state index contributed by atoms with van der Waals surface area (Å²) in [7, 11) is 4.23. The first-order chi connectivity index (χ1) is 10.5. The molecule has 1 fully saturated rings. The average molecular weight is 303 g/mol.